The Balaban J connectivity index is 2.87. The molecule has 0 aliphatic carbocycles. The van der Waals surface area contributed by atoms with Gasteiger partial charge in [0.25, 0.3) is 0 Å². The molecular weight excluding hydrogens is 205 g/mol. The fourth-order valence-electron chi connectivity index (χ4n) is 1.81. The maximum absolute atomic E-state index is 13.2. The maximum atomic E-state index is 13.2. The lowest BCUT2D eigenvalue weighted by Crippen LogP contribution is -2.07. The zero-order valence-corrected chi connectivity index (χ0v) is 9.60. The van der Waals surface area contributed by atoms with Crippen LogP contribution in [0, 0.1) is 12.7 Å². The molecular formula is C13H14FNO. The Morgan fingerprint density at radius 1 is 1.25 bits per heavy atom. The van der Waals surface area contributed by atoms with Crippen LogP contribution in [0.5, 0.6) is 0 Å². The van der Waals surface area contributed by atoms with E-state index in [4.69, 9.17) is 0 Å². The molecule has 1 aromatic carbocycles. The summed E-state index contributed by atoms with van der Waals surface area (Å²) in [4.78, 5) is 15.0. The second kappa shape index (κ2) is 3.74. The number of hydrogen-bond acceptors (Lipinski definition) is 1. The largest absolute Gasteiger partial charge is 0.358 e. The van der Waals surface area contributed by atoms with Crippen LogP contribution in [0.25, 0.3) is 10.9 Å². The summed E-state index contributed by atoms with van der Waals surface area (Å²) < 4.78 is 13.2. The van der Waals surface area contributed by atoms with Gasteiger partial charge in [-0.15, -0.1) is 0 Å². The summed E-state index contributed by atoms with van der Waals surface area (Å²) in [7, 11) is 0. The van der Waals surface area contributed by atoms with E-state index in [1.54, 1.807) is 13.0 Å². The van der Waals surface area contributed by atoms with Gasteiger partial charge in [-0.1, -0.05) is 13.8 Å². The number of rotatable bonds is 1. The molecule has 2 aromatic rings. The molecule has 0 aliphatic rings. The molecule has 84 valence electrons. The predicted octanol–water partition coefficient (Wildman–Crippen LogP) is 3.10. The average Bonchev–Trinajstić information content (AvgIpc) is 2.19. The van der Waals surface area contributed by atoms with Crippen LogP contribution in [-0.4, -0.2) is 4.98 Å². The number of nitrogens with one attached hydrogen (secondary N) is 1. The van der Waals surface area contributed by atoms with Crippen LogP contribution < -0.4 is 5.43 Å². The van der Waals surface area contributed by atoms with E-state index in [1.807, 2.05) is 13.8 Å². The van der Waals surface area contributed by atoms with Gasteiger partial charge in [0.05, 0.1) is 5.52 Å². The van der Waals surface area contributed by atoms with Crippen LogP contribution in [0.3, 0.4) is 0 Å². The fourth-order valence-corrected chi connectivity index (χ4v) is 1.81. The van der Waals surface area contributed by atoms with E-state index in [0.29, 0.717) is 5.39 Å². The Hall–Kier alpha value is -1.64. The van der Waals surface area contributed by atoms with Gasteiger partial charge in [0.1, 0.15) is 5.82 Å². The normalized spacial score (nSPS) is 11.3. The van der Waals surface area contributed by atoms with Crippen molar-refractivity contribution in [3.05, 3.63) is 45.5 Å². The number of H-pyrrole nitrogens is 1. The lowest BCUT2D eigenvalue weighted by atomic mass is 10.1. The first kappa shape index (κ1) is 10.9. The van der Waals surface area contributed by atoms with Crippen LogP contribution in [0.4, 0.5) is 4.39 Å². The number of halogens is 1. The van der Waals surface area contributed by atoms with Gasteiger partial charge in [-0.3, -0.25) is 4.79 Å². The Morgan fingerprint density at radius 2 is 1.94 bits per heavy atom. The van der Waals surface area contributed by atoms with Crippen molar-refractivity contribution in [2.45, 2.75) is 26.7 Å². The van der Waals surface area contributed by atoms with E-state index < -0.39 is 0 Å². The number of fused-ring (bicyclic) bond motifs is 1. The second-order valence-electron chi connectivity index (χ2n) is 4.39. The van der Waals surface area contributed by atoms with Gasteiger partial charge in [0.2, 0.25) is 0 Å². The summed E-state index contributed by atoms with van der Waals surface area (Å²) in [6, 6.07) is 4.26. The van der Waals surface area contributed by atoms with Crippen LogP contribution >= 0.6 is 0 Å². The van der Waals surface area contributed by atoms with E-state index in [0.717, 1.165) is 16.8 Å². The SMILES string of the molecule is Cc1cc(F)cc2c(=O)cc(C(C)C)[nH]c12. The number of benzene rings is 1. The van der Waals surface area contributed by atoms with Crippen LogP contribution in [0.15, 0.2) is 23.0 Å². The van der Waals surface area contributed by atoms with Gasteiger partial charge in [0, 0.05) is 17.1 Å². The van der Waals surface area contributed by atoms with Crippen molar-refractivity contribution in [1.29, 1.82) is 0 Å². The first-order chi connectivity index (χ1) is 7.49. The van der Waals surface area contributed by atoms with Crippen molar-refractivity contribution in [2.75, 3.05) is 0 Å². The van der Waals surface area contributed by atoms with Gasteiger partial charge in [-0.2, -0.15) is 0 Å². The number of hydrogen-bond donors (Lipinski definition) is 1. The van der Waals surface area contributed by atoms with Gasteiger partial charge >= 0.3 is 0 Å². The van der Waals surface area contributed by atoms with Crippen LogP contribution in [0.1, 0.15) is 31.0 Å². The smallest absolute Gasteiger partial charge is 0.189 e. The van der Waals surface area contributed by atoms with E-state index in [-0.39, 0.29) is 17.2 Å². The van der Waals surface area contributed by atoms with E-state index >= 15 is 0 Å². The Bertz CT molecular complexity index is 599. The second-order valence-corrected chi connectivity index (χ2v) is 4.39. The number of aromatic nitrogens is 1. The Morgan fingerprint density at radius 3 is 2.56 bits per heavy atom. The van der Waals surface area contributed by atoms with E-state index in [1.165, 1.54) is 12.1 Å². The standard InChI is InChI=1S/C13H14FNO/c1-7(2)11-6-12(16)10-5-9(14)4-8(3)13(10)15-11/h4-7H,1-3H3,(H,15,16). The molecule has 1 heterocycles. The number of aryl methyl sites for hydroxylation is 1. The molecule has 0 bridgehead atoms. The monoisotopic (exact) mass is 219 g/mol. The zero-order chi connectivity index (χ0) is 11.9. The molecule has 16 heavy (non-hydrogen) atoms. The molecule has 2 nitrogen and oxygen atoms in total. The lowest BCUT2D eigenvalue weighted by molar-refractivity contribution is 0.628. The minimum Gasteiger partial charge on any atom is -0.358 e. The minimum atomic E-state index is -0.368. The minimum absolute atomic E-state index is 0.125. The van der Waals surface area contributed by atoms with Crippen molar-refractivity contribution in [3.63, 3.8) is 0 Å². The molecule has 0 radical (unpaired) electrons. The number of aromatic amines is 1. The highest BCUT2D eigenvalue weighted by Crippen LogP contribution is 2.18. The molecule has 0 fully saturated rings. The molecule has 0 aliphatic heterocycles. The lowest BCUT2D eigenvalue weighted by Gasteiger charge is -2.09. The Kier molecular flexibility index (Phi) is 2.54. The molecule has 0 atom stereocenters. The molecule has 3 heteroatoms. The summed E-state index contributed by atoms with van der Waals surface area (Å²) in [6.45, 7) is 5.82. The van der Waals surface area contributed by atoms with Crippen molar-refractivity contribution in [2.24, 2.45) is 0 Å². The highest BCUT2D eigenvalue weighted by Gasteiger charge is 2.08. The molecule has 0 saturated heterocycles. The third-order valence-electron chi connectivity index (χ3n) is 2.74. The summed E-state index contributed by atoms with van der Waals surface area (Å²) in [6.07, 6.45) is 0. The average molecular weight is 219 g/mol. The van der Waals surface area contributed by atoms with E-state index in [9.17, 15) is 9.18 Å². The number of pyridine rings is 1. The topological polar surface area (TPSA) is 32.9 Å². The molecule has 2 rings (SSSR count). The fraction of sp³-hybridized carbons (Fsp3) is 0.308. The van der Waals surface area contributed by atoms with Gasteiger partial charge < -0.3 is 4.98 Å². The van der Waals surface area contributed by atoms with Gasteiger partial charge in [-0.25, -0.2) is 4.39 Å². The van der Waals surface area contributed by atoms with Crippen molar-refractivity contribution < 1.29 is 4.39 Å². The van der Waals surface area contributed by atoms with E-state index in [2.05, 4.69) is 4.98 Å². The van der Waals surface area contributed by atoms with Gasteiger partial charge in [0.15, 0.2) is 5.43 Å². The van der Waals surface area contributed by atoms with Crippen molar-refractivity contribution >= 4 is 10.9 Å². The summed E-state index contributed by atoms with van der Waals surface area (Å²) >= 11 is 0. The summed E-state index contributed by atoms with van der Waals surface area (Å²) in [5.41, 5.74) is 2.25. The first-order valence-corrected chi connectivity index (χ1v) is 5.32. The molecule has 0 unspecified atom stereocenters. The van der Waals surface area contributed by atoms with Crippen molar-refractivity contribution in [3.8, 4) is 0 Å². The first-order valence-electron chi connectivity index (χ1n) is 5.32. The highest BCUT2D eigenvalue weighted by molar-refractivity contribution is 5.81. The molecule has 1 aromatic heterocycles. The maximum Gasteiger partial charge on any atom is 0.189 e. The molecule has 1 N–H and O–H groups in total. The third-order valence-corrected chi connectivity index (χ3v) is 2.74. The summed E-state index contributed by atoms with van der Waals surface area (Å²) in [5, 5.41) is 0.418. The Labute approximate surface area is 93.1 Å². The quantitative estimate of drug-likeness (QED) is 0.785. The molecule has 0 spiro atoms. The van der Waals surface area contributed by atoms with Crippen LogP contribution in [-0.2, 0) is 0 Å². The molecule has 0 saturated carbocycles. The van der Waals surface area contributed by atoms with Crippen molar-refractivity contribution in [1.82, 2.24) is 4.98 Å². The van der Waals surface area contributed by atoms with Gasteiger partial charge in [-0.05, 0) is 30.5 Å². The summed E-state index contributed by atoms with van der Waals surface area (Å²) in [5.74, 6) is -0.116. The predicted molar refractivity (Wildman–Crippen MR) is 63.4 cm³/mol. The molecule has 0 amide bonds. The van der Waals surface area contributed by atoms with Crippen LogP contribution in [0.2, 0.25) is 0 Å². The zero-order valence-electron chi connectivity index (χ0n) is 9.60. The highest BCUT2D eigenvalue weighted by atomic mass is 19.1. The third kappa shape index (κ3) is 1.73.